The third kappa shape index (κ3) is 1.85. The maximum Gasteiger partial charge on any atom is 0.123 e. The summed E-state index contributed by atoms with van der Waals surface area (Å²) in [6, 6.07) is 2.04. The van der Waals surface area contributed by atoms with Crippen LogP contribution < -0.4 is 5.32 Å². The summed E-state index contributed by atoms with van der Waals surface area (Å²) < 4.78 is 5.45. The topological polar surface area (TPSA) is 45.0 Å². The molecule has 4 heteroatoms. The molecular weight excluding hydrogens is 188 g/mol. The fourth-order valence-corrected chi connectivity index (χ4v) is 1.52. The van der Waals surface area contributed by atoms with Crippen LogP contribution in [-0.4, -0.2) is 12.2 Å². The highest BCUT2D eigenvalue weighted by molar-refractivity contribution is 6.30. The molecule has 1 unspecified atom stereocenters. The van der Waals surface area contributed by atoms with Crippen molar-refractivity contribution >= 4 is 11.6 Å². The van der Waals surface area contributed by atoms with Gasteiger partial charge in [-0.2, -0.15) is 5.26 Å². The number of nitrogens with one attached hydrogen (secondary N) is 1. The second-order valence-electron chi connectivity index (χ2n) is 2.82. The van der Waals surface area contributed by atoms with Crippen molar-refractivity contribution in [2.24, 2.45) is 0 Å². The van der Waals surface area contributed by atoms with E-state index in [0.29, 0.717) is 17.3 Å². The summed E-state index contributed by atoms with van der Waals surface area (Å²) in [5.41, 5.74) is -0.273. The molecule has 0 saturated heterocycles. The van der Waals surface area contributed by atoms with Crippen LogP contribution in [0.15, 0.2) is 23.0 Å². The normalized spacial score (nSPS) is 26.9. The van der Waals surface area contributed by atoms with Crippen molar-refractivity contribution in [1.82, 2.24) is 5.32 Å². The van der Waals surface area contributed by atoms with Gasteiger partial charge < -0.3 is 10.1 Å². The predicted octanol–water partition coefficient (Wildman–Crippen LogP) is 1.87. The van der Waals surface area contributed by atoms with Gasteiger partial charge >= 0.3 is 0 Å². The van der Waals surface area contributed by atoms with Gasteiger partial charge in [0.2, 0.25) is 0 Å². The molecule has 70 valence electrons. The summed E-state index contributed by atoms with van der Waals surface area (Å²) in [4.78, 5) is 0. The SMILES string of the molecule is CCOC1(C)C=CNC(Cl)=C1C#N. The minimum absolute atomic E-state index is 0.334. The minimum atomic E-state index is -0.689. The van der Waals surface area contributed by atoms with Gasteiger partial charge in [-0.3, -0.25) is 0 Å². The Morgan fingerprint density at radius 3 is 3.00 bits per heavy atom. The second kappa shape index (κ2) is 3.82. The lowest BCUT2D eigenvalue weighted by molar-refractivity contribution is 0.0432. The van der Waals surface area contributed by atoms with E-state index in [4.69, 9.17) is 21.6 Å². The van der Waals surface area contributed by atoms with E-state index in [1.807, 2.05) is 19.9 Å². The third-order valence-corrected chi connectivity index (χ3v) is 2.18. The van der Waals surface area contributed by atoms with Crippen molar-refractivity contribution in [1.29, 1.82) is 5.26 Å². The Labute approximate surface area is 82.6 Å². The molecule has 0 fully saturated rings. The van der Waals surface area contributed by atoms with Gasteiger partial charge in [-0.1, -0.05) is 11.6 Å². The first-order valence-corrected chi connectivity index (χ1v) is 4.40. The van der Waals surface area contributed by atoms with Gasteiger partial charge in [0.1, 0.15) is 22.4 Å². The number of hydrogen-bond donors (Lipinski definition) is 1. The average Bonchev–Trinajstić information content (AvgIpc) is 2.04. The molecule has 3 nitrogen and oxygen atoms in total. The first-order chi connectivity index (χ1) is 6.14. The zero-order valence-electron chi connectivity index (χ0n) is 7.60. The van der Waals surface area contributed by atoms with Crippen molar-refractivity contribution in [2.75, 3.05) is 6.61 Å². The number of hydrogen-bond acceptors (Lipinski definition) is 3. The lowest BCUT2D eigenvalue weighted by Crippen LogP contribution is -2.33. The first-order valence-electron chi connectivity index (χ1n) is 4.02. The lowest BCUT2D eigenvalue weighted by Gasteiger charge is -2.28. The largest absolute Gasteiger partial charge is 0.366 e. The van der Waals surface area contributed by atoms with Crippen molar-refractivity contribution in [3.05, 3.63) is 23.0 Å². The molecular formula is C9H11ClN2O. The minimum Gasteiger partial charge on any atom is -0.366 e. The molecule has 0 amide bonds. The first kappa shape index (κ1) is 10.1. The zero-order chi connectivity index (χ0) is 9.90. The number of dihydropyridines is 1. The molecule has 0 aromatic heterocycles. The summed E-state index contributed by atoms with van der Waals surface area (Å²) in [6.07, 6.45) is 3.46. The van der Waals surface area contributed by atoms with Crippen LogP contribution in [0.25, 0.3) is 0 Å². The maximum absolute atomic E-state index is 8.88. The summed E-state index contributed by atoms with van der Waals surface area (Å²) in [5, 5.41) is 12.0. The van der Waals surface area contributed by atoms with Gasteiger partial charge in [0.05, 0.1) is 0 Å². The zero-order valence-corrected chi connectivity index (χ0v) is 8.35. The predicted molar refractivity (Wildman–Crippen MR) is 50.8 cm³/mol. The Morgan fingerprint density at radius 2 is 2.46 bits per heavy atom. The molecule has 1 N–H and O–H groups in total. The summed E-state index contributed by atoms with van der Waals surface area (Å²) in [7, 11) is 0. The van der Waals surface area contributed by atoms with Gasteiger partial charge in [0.15, 0.2) is 0 Å². The lowest BCUT2D eigenvalue weighted by atomic mass is 9.95. The molecule has 0 aromatic rings. The Morgan fingerprint density at radius 1 is 1.77 bits per heavy atom. The number of nitriles is 1. The second-order valence-corrected chi connectivity index (χ2v) is 3.20. The Bertz CT molecular complexity index is 303. The fraction of sp³-hybridized carbons (Fsp3) is 0.444. The van der Waals surface area contributed by atoms with Crippen LogP contribution in [0.2, 0.25) is 0 Å². The van der Waals surface area contributed by atoms with Gasteiger partial charge in [0.25, 0.3) is 0 Å². The average molecular weight is 199 g/mol. The van der Waals surface area contributed by atoms with E-state index in [9.17, 15) is 0 Å². The monoisotopic (exact) mass is 198 g/mol. The molecule has 0 bridgehead atoms. The van der Waals surface area contributed by atoms with Gasteiger partial charge in [0, 0.05) is 12.8 Å². The smallest absolute Gasteiger partial charge is 0.123 e. The molecule has 1 heterocycles. The summed E-state index contributed by atoms with van der Waals surface area (Å²) >= 11 is 5.82. The van der Waals surface area contributed by atoms with E-state index in [1.54, 1.807) is 12.3 Å². The molecule has 0 radical (unpaired) electrons. The highest BCUT2D eigenvalue weighted by Crippen LogP contribution is 2.28. The standard InChI is InChI=1S/C9H11ClN2O/c1-3-13-9(2)4-5-12-8(10)7(9)6-11/h4-5,12H,3H2,1-2H3. The van der Waals surface area contributed by atoms with Crippen LogP contribution in [-0.2, 0) is 4.74 Å². The summed E-state index contributed by atoms with van der Waals surface area (Å²) in [6.45, 7) is 4.23. The number of ether oxygens (including phenoxy) is 1. The molecule has 1 aliphatic rings. The van der Waals surface area contributed by atoms with Crippen molar-refractivity contribution in [3.8, 4) is 6.07 Å². The molecule has 1 rings (SSSR count). The Balaban J connectivity index is 3.02. The number of nitrogens with zero attached hydrogens (tertiary/aromatic N) is 1. The van der Waals surface area contributed by atoms with Crippen LogP contribution in [0, 0.1) is 11.3 Å². The molecule has 0 saturated carbocycles. The molecule has 0 aromatic carbocycles. The third-order valence-electron chi connectivity index (χ3n) is 1.88. The molecule has 1 aliphatic heterocycles. The number of rotatable bonds is 2. The van der Waals surface area contributed by atoms with Gasteiger partial charge in [-0.15, -0.1) is 0 Å². The van der Waals surface area contributed by atoms with Crippen molar-refractivity contribution < 1.29 is 4.74 Å². The van der Waals surface area contributed by atoms with E-state index >= 15 is 0 Å². The van der Waals surface area contributed by atoms with E-state index in [2.05, 4.69) is 5.32 Å². The van der Waals surface area contributed by atoms with E-state index in [1.165, 1.54) is 0 Å². The van der Waals surface area contributed by atoms with Crippen molar-refractivity contribution in [2.45, 2.75) is 19.4 Å². The van der Waals surface area contributed by atoms with Gasteiger partial charge in [-0.25, -0.2) is 0 Å². The highest BCUT2D eigenvalue weighted by atomic mass is 35.5. The van der Waals surface area contributed by atoms with Crippen LogP contribution in [0.4, 0.5) is 0 Å². The van der Waals surface area contributed by atoms with Crippen LogP contribution in [0.1, 0.15) is 13.8 Å². The molecule has 13 heavy (non-hydrogen) atoms. The van der Waals surface area contributed by atoms with E-state index in [0.717, 1.165) is 0 Å². The Hall–Kier alpha value is -0.980. The highest BCUT2D eigenvalue weighted by Gasteiger charge is 2.31. The van der Waals surface area contributed by atoms with E-state index < -0.39 is 5.60 Å². The summed E-state index contributed by atoms with van der Waals surface area (Å²) in [5.74, 6) is 0. The maximum atomic E-state index is 8.88. The number of halogens is 1. The molecule has 0 aliphatic carbocycles. The quantitative estimate of drug-likeness (QED) is 0.689. The van der Waals surface area contributed by atoms with Crippen molar-refractivity contribution in [3.63, 3.8) is 0 Å². The van der Waals surface area contributed by atoms with Crippen LogP contribution >= 0.6 is 11.6 Å². The fourth-order valence-electron chi connectivity index (χ4n) is 1.23. The van der Waals surface area contributed by atoms with E-state index in [-0.39, 0.29) is 0 Å². The van der Waals surface area contributed by atoms with Crippen LogP contribution in [0.5, 0.6) is 0 Å². The Kier molecular flexibility index (Phi) is 2.97. The molecule has 1 atom stereocenters. The van der Waals surface area contributed by atoms with Crippen LogP contribution in [0.3, 0.4) is 0 Å². The molecule has 0 spiro atoms. The van der Waals surface area contributed by atoms with Gasteiger partial charge in [-0.05, 0) is 19.9 Å².